The largest absolute Gasteiger partial charge is 0.461 e. The fourth-order valence-electron chi connectivity index (χ4n) is 4.29. The van der Waals surface area contributed by atoms with Crippen molar-refractivity contribution < 1.29 is 28.6 Å². The molecule has 40 heavy (non-hydrogen) atoms. The highest BCUT2D eigenvalue weighted by atomic mass is 16.6. The van der Waals surface area contributed by atoms with Crippen molar-refractivity contribution in [3.8, 4) is 0 Å². The molecule has 0 atom stereocenters. The first-order chi connectivity index (χ1) is 19.5. The number of carbonyl (C=O) groups excluding carboxylic acids is 3. The minimum absolute atomic E-state index is 0.0681. The zero-order valence-electron chi connectivity index (χ0n) is 23.0. The Bertz CT molecular complexity index is 1060. The van der Waals surface area contributed by atoms with Crippen LogP contribution in [-0.2, 0) is 14.2 Å². The summed E-state index contributed by atoms with van der Waals surface area (Å²) in [4.78, 5) is 38.5. The van der Waals surface area contributed by atoms with Crippen molar-refractivity contribution in [3.63, 3.8) is 0 Å². The number of hydrogen-bond donors (Lipinski definition) is 0. The first-order valence-electron chi connectivity index (χ1n) is 13.8. The molecule has 0 aromatic heterocycles. The summed E-state index contributed by atoms with van der Waals surface area (Å²) >= 11 is 0. The van der Waals surface area contributed by atoms with Crippen molar-refractivity contribution >= 4 is 17.9 Å². The van der Waals surface area contributed by atoms with E-state index in [4.69, 9.17) is 14.2 Å². The average molecular weight is 543 g/mol. The SMILES string of the molecule is C=CCCCCCCCC(COC(=O)c1ccccc1)(COC(=O)c1ccccc1)COC(=O)c1ccccc1. The first kappa shape index (κ1) is 30.4. The molecule has 0 N–H and O–H groups in total. The maximum atomic E-state index is 12.8. The minimum Gasteiger partial charge on any atom is -0.461 e. The lowest BCUT2D eigenvalue weighted by Gasteiger charge is -2.32. The van der Waals surface area contributed by atoms with Crippen LogP contribution in [0.3, 0.4) is 0 Å². The quantitative estimate of drug-likeness (QED) is 0.0762. The van der Waals surface area contributed by atoms with Gasteiger partial charge in [-0.05, 0) is 55.7 Å². The number of carbonyl (C=O) groups is 3. The van der Waals surface area contributed by atoms with E-state index < -0.39 is 23.3 Å². The van der Waals surface area contributed by atoms with Gasteiger partial charge in [-0.25, -0.2) is 14.4 Å². The molecule has 0 amide bonds. The third-order valence-corrected chi connectivity index (χ3v) is 6.67. The van der Waals surface area contributed by atoms with E-state index in [9.17, 15) is 14.4 Å². The molecule has 0 aliphatic rings. The standard InChI is InChI=1S/C34H38O6/c1-2-3-4-5-6-7-17-24-34(25-38-31(35)28-18-11-8-12-19-28,26-39-32(36)29-20-13-9-14-21-29)27-40-33(37)30-22-15-10-16-23-30/h2,8-16,18-23H,1,3-7,17,24-27H2. The molecule has 210 valence electrons. The predicted octanol–water partition coefficient (Wildman–Crippen LogP) is 7.46. The Morgan fingerprint density at radius 3 is 1.27 bits per heavy atom. The number of esters is 3. The molecule has 0 saturated carbocycles. The van der Waals surface area contributed by atoms with Crippen LogP contribution < -0.4 is 0 Å². The van der Waals surface area contributed by atoms with E-state index >= 15 is 0 Å². The van der Waals surface area contributed by atoms with Crippen LogP contribution in [0.25, 0.3) is 0 Å². The van der Waals surface area contributed by atoms with Crippen LogP contribution in [0.1, 0.15) is 76.0 Å². The molecule has 0 unspecified atom stereocenters. The van der Waals surface area contributed by atoms with Crippen molar-refractivity contribution in [2.24, 2.45) is 5.41 Å². The Hall–Kier alpha value is -4.19. The van der Waals surface area contributed by atoms with Gasteiger partial charge in [-0.2, -0.15) is 0 Å². The van der Waals surface area contributed by atoms with Gasteiger partial charge in [0.25, 0.3) is 0 Å². The third kappa shape index (κ3) is 10.2. The molecular formula is C34H38O6. The molecule has 0 bridgehead atoms. The fraction of sp³-hybridized carbons (Fsp3) is 0.324. The van der Waals surface area contributed by atoms with Crippen molar-refractivity contribution in [1.82, 2.24) is 0 Å². The maximum absolute atomic E-state index is 12.8. The second-order valence-corrected chi connectivity index (χ2v) is 9.92. The van der Waals surface area contributed by atoms with E-state index in [1.807, 2.05) is 24.3 Å². The summed E-state index contributed by atoms with van der Waals surface area (Å²) in [5.41, 5.74) is 0.337. The van der Waals surface area contributed by atoms with Gasteiger partial charge < -0.3 is 14.2 Å². The van der Waals surface area contributed by atoms with Crippen molar-refractivity contribution in [3.05, 3.63) is 120 Å². The Labute approximate surface area is 237 Å². The Kier molecular flexibility index (Phi) is 12.7. The predicted molar refractivity (Wildman–Crippen MR) is 155 cm³/mol. The summed E-state index contributed by atoms with van der Waals surface area (Å²) in [5.74, 6) is -1.46. The third-order valence-electron chi connectivity index (χ3n) is 6.67. The molecule has 0 aliphatic carbocycles. The highest BCUT2D eigenvalue weighted by Crippen LogP contribution is 2.29. The monoisotopic (exact) mass is 542 g/mol. The van der Waals surface area contributed by atoms with Crippen molar-refractivity contribution in [2.75, 3.05) is 19.8 Å². The van der Waals surface area contributed by atoms with Gasteiger partial charge in [-0.15, -0.1) is 6.58 Å². The second-order valence-electron chi connectivity index (χ2n) is 9.92. The van der Waals surface area contributed by atoms with E-state index in [1.165, 1.54) is 0 Å². The van der Waals surface area contributed by atoms with E-state index in [0.29, 0.717) is 23.1 Å². The zero-order valence-corrected chi connectivity index (χ0v) is 23.0. The molecule has 0 radical (unpaired) electrons. The van der Waals surface area contributed by atoms with Gasteiger partial charge >= 0.3 is 17.9 Å². The lowest BCUT2D eigenvalue weighted by molar-refractivity contribution is -0.0411. The van der Waals surface area contributed by atoms with Gasteiger partial charge in [0.2, 0.25) is 0 Å². The Morgan fingerprint density at radius 1 is 0.550 bits per heavy atom. The van der Waals surface area contributed by atoms with Crippen LogP contribution >= 0.6 is 0 Å². The van der Waals surface area contributed by atoms with Gasteiger partial charge in [0.1, 0.15) is 19.8 Å². The average Bonchev–Trinajstić information content (AvgIpc) is 3.01. The minimum atomic E-state index is -0.916. The van der Waals surface area contributed by atoms with Gasteiger partial charge in [0.05, 0.1) is 22.1 Å². The number of ether oxygens (including phenoxy) is 3. The Balaban J connectivity index is 1.76. The van der Waals surface area contributed by atoms with Crippen LogP contribution in [-0.4, -0.2) is 37.7 Å². The Morgan fingerprint density at radius 2 is 0.900 bits per heavy atom. The number of hydrogen-bond acceptors (Lipinski definition) is 6. The van der Waals surface area contributed by atoms with E-state index in [-0.39, 0.29) is 19.8 Å². The van der Waals surface area contributed by atoms with Crippen LogP contribution in [0.5, 0.6) is 0 Å². The van der Waals surface area contributed by atoms with Crippen LogP contribution in [0.2, 0.25) is 0 Å². The number of rotatable bonds is 17. The highest BCUT2D eigenvalue weighted by molar-refractivity contribution is 5.90. The second kappa shape index (κ2) is 16.7. The van der Waals surface area contributed by atoms with Gasteiger partial charge in [0.15, 0.2) is 0 Å². The first-order valence-corrected chi connectivity index (χ1v) is 13.8. The molecular weight excluding hydrogens is 504 g/mol. The summed E-state index contributed by atoms with van der Waals surface area (Å²) in [7, 11) is 0. The van der Waals surface area contributed by atoms with Gasteiger partial charge in [-0.3, -0.25) is 0 Å². The molecule has 3 aromatic rings. The molecule has 0 heterocycles. The lowest BCUT2D eigenvalue weighted by atomic mass is 9.84. The molecule has 0 spiro atoms. The van der Waals surface area contributed by atoms with E-state index in [0.717, 1.165) is 38.5 Å². The molecule has 3 aromatic carbocycles. The molecule has 0 saturated heterocycles. The van der Waals surface area contributed by atoms with Crippen molar-refractivity contribution in [1.29, 1.82) is 0 Å². The maximum Gasteiger partial charge on any atom is 0.338 e. The van der Waals surface area contributed by atoms with Gasteiger partial charge in [-0.1, -0.05) is 86.4 Å². The topological polar surface area (TPSA) is 78.9 Å². The lowest BCUT2D eigenvalue weighted by Crippen LogP contribution is -2.39. The number of unbranched alkanes of at least 4 members (excludes halogenated alkanes) is 5. The zero-order chi connectivity index (χ0) is 28.5. The molecule has 0 aliphatic heterocycles. The molecule has 6 nitrogen and oxygen atoms in total. The highest BCUT2D eigenvalue weighted by Gasteiger charge is 2.36. The molecule has 3 rings (SSSR count). The van der Waals surface area contributed by atoms with E-state index in [2.05, 4.69) is 6.58 Å². The summed E-state index contributed by atoms with van der Waals surface area (Å²) < 4.78 is 17.2. The summed E-state index contributed by atoms with van der Waals surface area (Å²) in [6.07, 6.45) is 8.43. The van der Waals surface area contributed by atoms with Crippen LogP contribution in [0.4, 0.5) is 0 Å². The van der Waals surface area contributed by atoms with Crippen molar-refractivity contribution in [2.45, 2.75) is 44.9 Å². The summed E-state index contributed by atoms with van der Waals surface area (Å²) in [6, 6.07) is 26.1. The van der Waals surface area contributed by atoms with E-state index in [1.54, 1.807) is 72.8 Å². The van der Waals surface area contributed by atoms with Gasteiger partial charge in [0, 0.05) is 0 Å². The number of benzene rings is 3. The molecule has 0 fully saturated rings. The normalized spacial score (nSPS) is 10.9. The summed E-state index contributed by atoms with van der Waals surface area (Å²) in [5, 5.41) is 0. The fourth-order valence-corrected chi connectivity index (χ4v) is 4.29. The van der Waals surface area contributed by atoms with Crippen LogP contribution in [0.15, 0.2) is 104 Å². The smallest absolute Gasteiger partial charge is 0.338 e. The number of allylic oxidation sites excluding steroid dienone is 1. The van der Waals surface area contributed by atoms with Crippen LogP contribution in [0, 0.1) is 5.41 Å². The summed E-state index contributed by atoms with van der Waals surface area (Å²) in [6.45, 7) is 3.57. The molecule has 6 heteroatoms.